The summed E-state index contributed by atoms with van der Waals surface area (Å²) in [7, 11) is 1.32. The van der Waals surface area contributed by atoms with Crippen molar-refractivity contribution in [3.05, 3.63) is 66.7 Å². The van der Waals surface area contributed by atoms with Crippen LogP contribution in [0.1, 0.15) is 33.0 Å². The summed E-state index contributed by atoms with van der Waals surface area (Å²) < 4.78 is 40.5. The van der Waals surface area contributed by atoms with E-state index in [0.717, 1.165) is 15.4 Å². The van der Waals surface area contributed by atoms with Gasteiger partial charge in [0, 0.05) is 32.4 Å². The van der Waals surface area contributed by atoms with Crippen LogP contribution in [0.4, 0.5) is 13.6 Å². The molecule has 0 radical (unpaired) electrons. The number of amides is 1. The Morgan fingerprint density at radius 1 is 1.41 bits per heavy atom. The highest BCUT2D eigenvalue weighted by Gasteiger charge is 2.39. The lowest BCUT2D eigenvalue weighted by molar-refractivity contribution is -0.0930. The second-order valence-corrected chi connectivity index (χ2v) is 10.5. The second-order valence-electron chi connectivity index (χ2n) is 7.60. The van der Waals surface area contributed by atoms with E-state index in [9.17, 15) is 23.5 Å². The number of cyclic esters (lactones) is 1. The first-order valence-corrected chi connectivity index (χ1v) is 12.8. The first-order valence-electron chi connectivity index (χ1n) is 10.4. The molecular formula is C23H23Br2F2NO5S. The van der Waals surface area contributed by atoms with Crippen LogP contribution in [0.25, 0.3) is 0 Å². The molecule has 34 heavy (non-hydrogen) atoms. The molecule has 1 N–H and O–H groups in total. The van der Waals surface area contributed by atoms with Crippen LogP contribution >= 0.6 is 43.2 Å². The van der Waals surface area contributed by atoms with E-state index in [0.29, 0.717) is 35.2 Å². The average molecular weight is 623 g/mol. The number of rotatable bonds is 9. The number of nitrogens with zero attached hydrogens (tertiary/aromatic N) is 1. The molecule has 2 unspecified atom stereocenters. The molecule has 6 nitrogen and oxygen atoms in total. The van der Waals surface area contributed by atoms with E-state index in [-0.39, 0.29) is 12.2 Å². The number of hydrogen-bond donors (Lipinski definition) is 1. The summed E-state index contributed by atoms with van der Waals surface area (Å²) in [5.41, 5.74) is -0.313. The Hall–Kier alpha value is -1.82. The Balaban J connectivity index is 1.64. The summed E-state index contributed by atoms with van der Waals surface area (Å²) in [6, 6.07) is 6.82. The number of methoxy groups -OCH3 is 1. The molecule has 2 atom stereocenters. The van der Waals surface area contributed by atoms with Crippen molar-refractivity contribution in [2.24, 2.45) is 0 Å². The number of ether oxygens (including phenoxy) is 2. The van der Waals surface area contributed by atoms with E-state index in [4.69, 9.17) is 9.47 Å². The summed E-state index contributed by atoms with van der Waals surface area (Å²) in [5, 5.41) is 10.2. The smallest absolute Gasteiger partial charge is 0.410 e. The number of hydrogen-bond acceptors (Lipinski definition) is 6. The molecule has 1 fully saturated rings. The molecular weight excluding hydrogens is 600 g/mol. The van der Waals surface area contributed by atoms with Gasteiger partial charge in [0.2, 0.25) is 0 Å². The van der Waals surface area contributed by atoms with Crippen LogP contribution in [0.3, 0.4) is 0 Å². The first-order chi connectivity index (χ1) is 16.1. The van der Waals surface area contributed by atoms with Crippen molar-refractivity contribution >= 4 is 55.3 Å². The number of esters is 1. The van der Waals surface area contributed by atoms with E-state index in [1.54, 1.807) is 12.1 Å². The maximum Gasteiger partial charge on any atom is 0.410 e. The molecule has 1 amide bonds. The highest BCUT2D eigenvalue weighted by atomic mass is 79.9. The predicted octanol–water partition coefficient (Wildman–Crippen LogP) is 5.91. The van der Waals surface area contributed by atoms with Crippen molar-refractivity contribution in [3.8, 4) is 0 Å². The third-order valence-corrected chi connectivity index (χ3v) is 7.96. The molecule has 0 saturated carbocycles. The van der Waals surface area contributed by atoms with E-state index in [1.807, 2.05) is 0 Å². The van der Waals surface area contributed by atoms with E-state index < -0.39 is 30.1 Å². The van der Waals surface area contributed by atoms with Crippen LogP contribution < -0.4 is 0 Å². The lowest BCUT2D eigenvalue weighted by atomic mass is 10.0. The fraction of sp³-hybridized carbons (Fsp3) is 0.391. The fourth-order valence-corrected chi connectivity index (χ4v) is 5.74. The first kappa shape index (κ1) is 26.8. The highest BCUT2D eigenvalue weighted by molar-refractivity contribution is 9.10. The average Bonchev–Trinajstić information content (AvgIpc) is 3.18. The summed E-state index contributed by atoms with van der Waals surface area (Å²) in [6.45, 7) is 0.491. The fourth-order valence-electron chi connectivity index (χ4n) is 3.51. The number of aryl methyl sites for hydroxylation is 1. The number of carbonyl (C=O) groups excluding carboxylic acids is 2. The molecule has 1 saturated heterocycles. The Morgan fingerprint density at radius 2 is 2.18 bits per heavy atom. The van der Waals surface area contributed by atoms with Crippen molar-refractivity contribution in [1.29, 1.82) is 0 Å². The third kappa shape index (κ3) is 6.44. The van der Waals surface area contributed by atoms with Gasteiger partial charge in [0.15, 0.2) is 0 Å². The van der Waals surface area contributed by atoms with Crippen molar-refractivity contribution in [2.45, 2.75) is 37.3 Å². The van der Waals surface area contributed by atoms with Gasteiger partial charge >= 0.3 is 18.0 Å². The van der Waals surface area contributed by atoms with Crippen LogP contribution in [0.15, 0.2) is 51.4 Å². The number of alkyl halides is 2. The van der Waals surface area contributed by atoms with Crippen molar-refractivity contribution in [3.63, 3.8) is 0 Å². The number of benzene rings is 1. The summed E-state index contributed by atoms with van der Waals surface area (Å²) >= 11 is 7.90. The van der Waals surface area contributed by atoms with Crippen LogP contribution in [0, 0.1) is 0 Å². The van der Waals surface area contributed by atoms with E-state index in [1.165, 1.54) is 47.6 Å². The molecule has 1 aromatic carbocycles. The van der Waals surface area contributed by atoms with Crippen LogP contribution in [0.2, 0.25) is 0 Å². The number of carbonyl (C=O) groups is 2. The summed E-state index contributed by atoms with van der Waals surface area (Å²) in [6.07, 6.45) is 1.47. The minimum absolute atomic E-state index is 0.168. The van der Waals surface area contributed by atoms with Gasteiger partial charge < -0.3 is 19.5 Å². The van der Waals surface area contributed by atoms with Crippen LogP contribution in [0.5, 0.6) is 0 Å². The predicted molar refractivity (Wildman–Crippen MR) is 131 cm³/mol. The minimum atomic E-state index is -3.50. The Bertz CT molecular complexity index is 1060. The number of aliphatic hydroxyl groups excluding tert-OH is 1. The molecule has 1 aliphatic heterocycles. The zero-order chi connectivity index (χ0) is 24.9. The van der Waals surface area contributed by atoms with Gasteiger partial charge in [-0.15, -0.1) is 11.3 Å². The maximum atomic E-state index is 14.7. The molecule has 1 aromatic heterocycles. The Kier molecular flexibility index (Phi) is 9.25. The highest BCUT2D eigenvalue weighted by Crippen LogP contribution is 2.34. The third-order valence-electron chi connectivity index (χ3n) is 5.32. The van der Waals surface area contributed by atoms with E-state index >= 15 is 0 Å². The Labute approximate surface area is 216 Å². The monoisotopic (exact) mass is 621 g/mol. The molecule has 0 bridgehead atoms. The topological polar surface area (TPSA) is 76.1 Å². The molecule has 1 aliphatic rings. The summed E-state index contributed by atoms with van der Waals surface area (Å²) in [5.74, 6) is -3.91. The van der Waals surface area contributed by atoms with Gasteiger partial charge in [0.05, 0.1) is 19.8 Å². The van der Waals surface area contributed by atoms with Crippen molar-refractivity contribution in [1.82, 2.24) is 4.90 Å². The Morgan fingerprint density at radius 3 is 2.88 bits per heavy atom. The van der Waals surface area contributed by atoms with Crippen molar-refractivity contribution in [2.75, 3.05) is 20.3 Å². The zero-order valence-corrected chi connectivity index (χ0v) is 22.2. The lowest BCUT2D eigenvalue weighted by Gasteiger charge is -2.33. The quantitative estimate of drug-likeness (QED) is 0.278. The number of halogens is 4. The number of aliphatic hydroxyl groups is 1. The van der Waals surface area contributed by atoms with Gasteiger partial charge in [-0.05, 0) is 47.0 Å². The molecule has 11 heteroatoms. The SMILES string of the molecule is COC(=O)c1cc(Br)c(CCCN2C(=O)OCCC2/C=C/C(O)C(F)(F)c2cccc(Br)c2)s1. The van der Waals surface area contributed by atoms with Gasteiger partial charge in [0.1, 0.15) is 11.0 Å². The molecule has 184 valence electrons. The standard InChI is InChI=1S/C23H23Br2F2NO5S/c1-32-21(30)19-13-17(25)18(34-19)6-3-10-28-16(9-11-33-22(28)31)7-8-20(29)23(26,27)14-4-2-5-15(24)12-14/h2,4-5,7-8,12-13,16,20,29H,3,6,9-11H2,1H3/b8-7+. The van der Waals surface area contributed by atoms with Gasteiger partial charge in [-0.1, -0.05) is 40.2 Å². The summed E-state index contributed by atoms with van der Waals surface area (Å²) in [4.78, 5) is 26.9. The van der Waals surface area contributed by atoms with Crippen molar-refractivity contribution < 1.29 is 33.0 Å². The second kappa shape index (κ2) is 11.7. The lowest BCUT2D eigenvalue weighted by Crippen LogP contribution is -2.45. The largest absolute Gasteiger partial charge is 0.465 e. The van der Waals surface area contributed by atoms with Gasteiger partial charge in [-0.2, -0.15) is 8.78 Å². The van der Waals surface area contributed by atoms with Gasteiger partial charge in [0.25, 0.3) is 0 Å². The maximum absolute atomic E-state index is 14.7. The normalized spacial score (nSPS) is 17.6. The van der Waals surface area contributed by atoms with Gasteiger partial charge in [-0.3, -0.25) is 0 Å². The zero-order valence-electron chi connectivity index (χ0n) is 18.2. The van der Waals surface area contributed by atoms with Crippen LogP contribution in [-0.2, 0) is 21.8 Å². The van der Waals surface area contributed by atoms with Gasteiger partial charge in [-0.25, -0.2) is 9.59 Å². The molecule has 0 aliphatic carbocycles. The van der Waals surface area contributed by atoms with Crippen LogP contribution in [-0.4, -0.2) is 54.5 Å². The minimum Gasteiger partial charge on any atom is -0.465 e. The molecule has 2 aromatic rings. The molecule has 3 rings (SSSR count). The van der Waals surface area contributed by atoms with E-state index in [2.05, 4.69) is 31.9 Å². The molecule has 2 heterocycles. The number of thiophene rings is 1. The molecule has 0 spiro atoms.